The van der Waals surface area contributed by atoms with Crippen LogP contribution < -0.4 is 0 Å². The normalized spacial score (nSPS) is 25.2. The minimum Gasteiger partial charge on any atom is -0.299 e. The number of thiophene rings is 1. The summed E-state index contributed by atoms with van der Waals surface area (Å²) < 4.78 is 1.03. The van der Waals surface area contributed by atoms with Crippen molar-refractivity contribution in [3.63, 3.8) is 0 Å². The number of ketones is 1. The molecule has 3 nitrogen and oxygen atoms in total. The fraction of sp³-hybridized carbons (Fsp3) is 0.643. The maximum atomic E-state index is 12.2. The minimum absolute atomic E-state index is 0.262. The van der Waals surface area contributed by atoms with Gasteiger partial charge in [0.15, 0.2) is 5.78 Å². The molecule has 0 radical (unpaired) electrons. The molecule has 2 fully saturated rings. The van der Waals surface area contributed by atoms with Gasteiger partial charge in [-0.25, -0.2) is 0 Å². The van der Waals surface area contributed by atoms with Gasteiger partial charge in [0, 0.05) is 19.1 Å². The van der Waals surface area contributed by atoms with Gasteiger partial charge in [0.05, 0.1) is 15.2 Å². The highest BCUT2D eigenvalue weighted by molar-refractivity contribution is 9.11. The Morgan fingerprint density at radius 3 is 2.79 bits per heavy atom. The van der Waals surface area contributed by atoms with Gasteiger partial charge in [-0.05, 0) is 60.4 Å². The first-order valence-corrected chi connectivity index (χ1v) is 8.58. The summed E-state index contributed by atoms with van der Waals surface area (Å²) in [5.74, 6) is 0.262. The number of hydrogen-bond donors (Lipinski definition) is 0. The quantitative estimate of drug-likeness (QED) is 0.786. The summed E-state index contributed by atoms with van der Waals surface area (Å²) in [7, 11) is 0. The topological polar surface area (TPSA) is 23.6 Å². The number of nitrogens with zero attached hydrogens (tertiary/aromatic N) is 2. The van der Waals surface area contributed by atoms with Crippen LogP contribution in [-0.4, -0.2) is 54.3 Å². The first kappa shape index (κ1) is 13.7. The summed E-state index contributed by atoms with van der Waals surface area (Å²) in [5.41, 5.74) is 0. The molecule has 1 aromatic rings. The third-order valence-electron chi connectivity index (χ3n) is 4.12. The van der Waals surface area contributed by atoms with Crippen molar-refractivity contribution in [3.8, 4) is 0 Å². The molecule has 3 rings (SSSR count). The van der Waals surface area contributed by atoms with Crippen molar-refractivity contribution in [1.82, 2.24) is 9.80 Å². The van der Waals surface area contributed by atoms with E-state index in [1.807, 2.05) is 12.1 Å². The van der Waals surface area contributed by atoms with Crippen molar-refractivity contribution in [2.45, 2.75) is 25.3 Å². The average molecular weight is 343 g/mol. The number of carbonyl (C=O) groups excluding carboxylic acids is 1. The predicted octanol–water partition coefficient (Wildman–Crippen LogP) is 2.86. The van der Waals surface area contributed by atoms with Gasteiger partial charge in [0.2, 0.25) is 0 Å². The Labute approximate surface area is 126 Å². The molecule has 2 aliphatic heterocycles. The second-order valence-corrected chi connectivity index (χ2v) is 7.91. The maximum Gasteiger partial charge on any atom is 0.186 e. The van der Waals surface area contributed by atoms with E-state index in [1.54, 1.807) is 0 Å². The van der Waals surface area contributed by atoms with Crippen molar-refractivity contribution in [1.29, 1.82) is 0 Å². The van der Waals surface area contributed by atoms with Crippen LogP contribution in [0.5, 0.6) is 0 Å². The Kier molecular flexibility index (Phi) is 4.37. The van der Waals surface area contributed by atoms with Crippen LogP contribution >= 0.6 is 27.3 Å². The molecule has 5 heteroatoms. The number of likely N-dealkylation sites (tertiary alicyclic amines) is 2. The standard InChI is InChI=1S/C14H19BrN2OS/c15-14-4-3-13(19-14)12(18)10-16-8-5-11(9-16)17-6-1-2-7-17/h3-4,11H,1-2,5-10H2. The van der Waals surface area contributed by atoms with Crippen LogP contribution in [0.25, 0.3) is 0 Å². The van der Waals surface area contributed by atoms with Gasteiger partial charge in [-0.15, -0.1) is 11.3 Å². The van der Waals surface area contributed by atoms with Crippen LogP contribution in [-0.2, 0) is 0 Å². The lowest BCUT2D eigenvalue weighted by Gasteiger charge is -2.23. The molecule has 2 saturated heterocycles. The van der Waals surface area contributed by atoms with Crippen LogP contribution in [0.15, 0.2) is 15.9 Å². The summed E-state index contributed by atoms with van der Waals surface area (Å²) in [6, 6.07) is 4.56. The van der Waals surface area contributed by atoms with Gasteiger partial charge in [-0.2, -0.15) is 0 Å². The van der Waals surface area contributed by atoms with E-state index in [9.17, 15) is 4.79 Å². The molecule has 0 spiro atoms. The second-order valence-electron chi connectivity index (χ2n) is 5.45. The summed E-state index contributed by atoms with van der Waals surface area (Å²) in [6.07, 6.45) is 3.92. The summed E-state index contributed by atoms with van der Waals surface area (Å²) in [4.78, 5) is 18.0. The molecule has 1 unspecified atom stereocenters. The maximum absolute atomic E-state index is 12.2. The van der Waals surface area contributed by atoms with Crippen molar-refractivity contribution < 1.29 is 4.79 Å². The molecule has 0 saturated carbocycles. The predicted molar refractivity (Wildman–Crippen MR) is 82.0 cm³/mol. The highest BCUT2D eigenvalue weighted by Crippen LogP contribution is 2.24. The Hall–Kier alpha value is -0.230. The molecule has 1 aromatic heterocycles. The highest BCUT2D eigenvalue weighted by atomic mass is 79.9. The molecule has 2 aliphatic rings. The average Bonchev–Trinajstić information content (AvgIpc) is 3.07. The molecule has 0 amide bonds. The third kappa shape index (κ3) is 3.27. The summed E-state index contributed by atoms with van der Waals surface area (Å²) in [5, 5.41) is 0. The zero-order valence-corrected chi connectivity index (χ0v) is 13.4. The van der Waals surface area contributed by atoms with Gasteiger partial charge >= 0.3 is 0 Å². The Balaban J connectivity index is 1.52. The lowest BCUT2D eigenvalue weighted by Crippen LogP contribution is -2.36. The molecular weight excluding hydrogens is 324 g/mol. The van der Waals surface area contributed by atoms with Gasteiger partial charge < -0.3 is 0 Å². The van der Waals surface area contributed by atoms with E-state index in [1.165, 1.54) is 43.7 Å². The van der Waals surface area contributed by atoms with E-state index in [2.05, 4.69) is 25.7 Å². The minimum atomic E-state index is 0.262. The number of halogens is 1. The van der Waals surface area contributed by atoms with Crippen LogP contribution in [0, 0.1) is 0 Å². The van der Waals surface area contributed by atoms with Crippen LogP contribution in [0.4, 0.5) is 0 Å². The smallest absolute Gasteiger partial charge is 0.186 e. The molecule has 0 aromatic carbocycles. The number of hydrogen-bond acceptors (Lipinski definition) is 4. The molecule has 3 heterocycles. The Bertz CT molecular complexity index is 456. The number of carbonyl (C=O) groups is 1. The van der Waals surface area contributed by atoms with E-state index in [4.69, 9.17) is 0 Å². The van der Waals surface area contributed by atoms with Crippen LogP contribution in [0.1, 0.15) is 28.9 Å². The first-order chi connectivity index (χ1) is 9.22. The second kappa shape index (κ2) is 6.04. The fourth-order valence-corrected chi connectivity index (χ4v) is 4.42. The largest absolute Gasteiger partial charge is 0.299 e. The number of rotatable bonds is 4. The molecular formula is C14H19BrN2OS. The van der Waals surface area contributed by atoms with Crippen molar-refractivity contribution in [2.75, 3.05) is 32.7 Å². The van der Waals surface area contributed by atoms with E-state index in [0.717, 1.165) is 21.8 Å². The molecule has 1 atom stereocenters. The Morgan fingerprint density at radius 2 is 2.11 bits per heavy atom. The SMILES string of the molecule is O=C(CN1CCC(N2CCCC2)C1)c1ccc(Br)s1. The molecule has 104 valence electrons. The lowest BCUT2D eigenvalue weighted by atomic mass is 10.2. The van der Waals surface area contributed by atoms with Crippen LogP contribution in [0.3, 0.4) is 0 Å². The van der Waals surface area contributed by atoms with Crippen LogP contribution in [0.2, 0.25) is 0 Å². The van der Waals surface area contributed by atoms with Gasteiger partial charge in [0.1, 0.15) is 0 Å². The monoisotopic (exact) mass is 342 g/mol. The third-order valence-corrected chi connectivity index (χ3v) is 5.78. The van der Waals surface area contributed by atoms with Gasteiger partial charge in [-0.1, -0.05) is 0 Å². The first-order valence-electron chi connectivity index (χ1n) is 6.97. The molecule has 19 heavy (non-hydrogen) atoms. The fourth-order valence-electron chi connectivity index (χ4n) is 3.11. The Morgan fingerprint density at radius 1 is 1.32 bits per heavy atom. The van der Waals surface area contributed by atoms with E-state index in [-0.39, 0.29) is 5.78 Å². The molecule has 0 N–H and O–H groups in total. The molecule has 0 aliphatic carbocycles. The molecule has 0 bridgehead atoms. The van der Waals surface area contributed by atoms with Gasteiger partial charge in [0.25, 0.3) is 0 Å². The zero-order chi connectivity index (χ0) is 13.2. The zero-order valence-electron chi connectivity index (χ0n) is 11.0. The summed E-state index contributed by atoms with van der Waals surface area (Å²) in [6.45, 7) is 5.23. The van der Waals surface area contributed by atoms with Gasteiger partial charge in [-0.3, -0.25) is 14.6 Å². The highest BCUT2D eigenvalue weighted by Gasteiger charge is 2.30. The number of Topliss-reactive ketones (excluding diaryl/α,β-unsaturated/α-hetero) is 1. The van der Waals surface area contributed by atoms with Crippen molar-refractivity contribution >= 4 is 33.0 Å². The summed E-state index contributed by atoms with van der Waals surface area (Å²) >= 11 is 4.95. The van der Waals surface area contributed by atoms with Crippen molar-refractivity contribution in [3.05, 3.63) is 20.8 Å². The van der Waals surface area contributed by atoms with E-state index >= 15 is 0 Å². The van der Waals surface area contributed by atoms with E-state index in [0.29, 0.717) is 12.6 Å². The van der Waals surface area contributed by atoms with E-state index < -0.39 is 0 Å². The van der Waals surface area contributed by atoms with Crippen molar-refractivity contribution in [2.24, 2.45) is 0 Å². The lowest BCUT2D eigenvalue weighted by molar-refractivity contribution is 0.0944.